The summed E-state index contributed by atoms with van der Waals surface area (Å²) in [6.45, 7) is 0. The molecule has 2 aromatic carbocycles. The second-order valence-electron chi connectivity index (χ2n) is 5.68. The SMILES string of the molecule is CN(C)c1ccc(/C(=N\N)c2cc(Cl)nc(-c3ccccc3)n2)cc1. The molecule has 0 aliphatic rings. The summed E-state index contributed by atoms with van der Waals surface area (Å²) in [5.41, 5.74) is 3.98. The molecule has 0 aliphatic heterocycles. The van der Waals surface area contributed by atoms with Crippen LogP contribution in [0.5, 0.6) is 0 Å². The Kier molecular flexibility index (Phi) is 4.95. The van der Waals surface area contributed by atoms with Gasteiger partial charge in [0.25, 0.3) is 0 Å². The molecule has 3 rings (SSSR count). The van der Waals surface area contributed by atoms with Crippen molar-refractivity contribution in [1.29, 1.82) is 0 Å². The van der Waals surface area contributed by atoms with E-state index in [0.717, 1.165) is 16.8 Å². The number of hydrogen-bond acceptors (Lipinski definition) is 5. The minimum absolute atomic E-state index is 0.343. The fourth-order valence-corrected chi connectivity index (χ4v) is 2.64. The zero-order valence-electron chi connectivity index (χ0n) is 14.0. The molecule has 0 amide bonds. The Morgan fingerprint density at radius 1 is 1.00 bits per heavy atom. The molecule has 1 heterocycles. The molecule has 25 heavy (non-hydrogen) atoms. The number of nitrogens with zero attached hydrogens (tertiary/aromatic N) is 4. The maximum Gasteiger partial charge on any atom is 0.161 e. The lowest BCUT2D eigenvalue weighted by Gasteiger charge is -2.13. The van der Waals surface area contributed by atoms with Gasteiger partial charge in [-0.3, -0.25) is 0 Å². The van der Waals surface area contributed by atoms with Crippen molar-refractivity contribution in [2.75, 3.05) is 19.0 Å². The van der Waals surface area contributed by atoms with Crippen molar-refractivity contribution in [1.82, 2.24) is 9.97 Å². The zero-order valence-corrected chi connectivity index (χ0v) is 14.8. The number of anilines is 1. The van der Waals surface area contributed by atoms with E-state index in [-0.39, 0.29) is 0 Å². The van der Waals surface area contributed by atoms with Gasteiger partial charge in [0.2, 0.25) is 0 Å². The molecule has 0 spiro atoms. The highest BCUT2D eigenvalue weighted by atomic mass is 35.5. The van der Waals surface area contributed by atoms with Crippen molar-refractivity contribution in [3.8, 4) is 11.4 Å². The van der Waals surface area contributed by atoms with Crippen molar-refractivity contribution in [3.05, 3.63) is 77.1 Å². The first kappa shape index (κ1) is 16.9. The number of hydrazone groups is 1. The Balaban J connectivity index is 2.03. The van der Waals surface area contributed by atoms with Crippen LogP contribution < -0.4 is 10.7 Å². The average molecular weight is 352 g/mol. The van der Waals surface area contributed by atoms with E-state index in [1.165, 1.54) is 0 Å². The normalized spacial score (nSPS) is 11.4. The van der Waals surface area contributed by atoms with Crippen molar-refractivity contribution >= 4 is 23.0 Å². The molecule has 5 nitrogen and oxygen atoms in total. The van der Waals surface area contributed by atoms with Crippen LogP contribution in [0.2, 0.25) is 5.15 Å². The van der Waals surface area contributed by atoms with Crippen LogP contribution in [-0.2, 0) is 0 Å². The van der Waals surface area contributed by atoms with Crippen LogP contribution in [0.1, 0.15) is 11.3 Å². The fourth-order valence-electron chi connectivity index (χ4n) is 2.46. The lowest BCUT2D eigenvalue weighted by atomic mass is 10.1. The minimum atomic E-state index is 0.343. The van der Waals surface area contributed by atoms with Crippen LogP contribution >= 0.6 is 11.6 Å². The third-order valence-corrected chi connectivity index (χ3v) is 3.95. The number of rotatable bonds is 4. The van der Waals surface area contributed by atoms with Gasteiger partial charge in [0, 0.05) is 37.0 Å². The van der Waals surface area contributed by atoms with Crippen LogP contribution in [0.3, 0.4) is 0 Å². The van der Waals surface area contributed by atoms with Gasteiger partial charge in [0.1, 0.15) is 10.9 Å². The van der Waals surface area contributed by atoms with Crippen molar-refractivity contribution in [3.63, 3.8) is 0 Å². The summed E-state index contributed by atoms with van der Waals surface area (Å²) in [5, 5.41) is 4.28. The maximum atomic E-state index is 6.20. The van der Waals surface area contributed by atoms with Crippen LogP contribution in [0.15, 0.2) is 65.8 Å². The molecular weight excluding hydrogens is 334 g/mol. The summed E-state index contributed by atoms with van der Waals surface area (Å²) >= 11 is 6.20. The van der Waals surface area contributed by atoms with Gasteiger partial charge in [-0.05, 0) is 12.1 Å². The van der Waals surface area contributed by atoms with E-state index in [4.69, 9.17) is 17.4 Å². The molecule has 6 heteroatoms. The van der Waals surface area contributed by atoms with E-state index in [0.29, 0.717) is 22.4 Å². The van der Waals surface area contributed by atoms with E-state index < -0.39 is 0 Å². The highest BCUT2D eigenvalue weighted by molar-refractivity contribution is 6.30. The van der Waals surface area contributed by atoms with Crippen LogP contribution in [0.25, 0.3) is 11.4 Å². The lowest BCUT2D eigenvalue weighted by Crippen LogP contribution is -2.12. The average Bonchev–Trinajstić information content (AvgIpc) is 2.63. The third-order valence-electron chi connectivity index (χ3n) is 3.76. The Bertz CT molecular complexity index is 889. The predicted octanol–water partition coefficient (Wildman–Crippen LogP) is 3.57. The lowest BCUT2D eigenvalue weighted by molar-refractivity contribution is 1.13. The molecule has 0 saturated carbocycles. The summed E-state index contributed by atoms with van der Waals surface area (Å²) in [5.74, 6) is 6.18. The summed E-state index contributed by atoms with van der Waals surface area (Å²) in [6, 6.07) is 19.2. The number of benzene rings is 2. The molecular formula is C19H18ClN5. The predicted molar refractivity (Wildman–Crippen MR) is 103 cm³/mol. The molecule has 0 bridgehead atoms. The molecule has 0 unspecified atom stereocenters. The Hall–Kier alpha value is -2.92. The highest BCUT2D eigenvalue weighted by Crippen LogP contribution is 2.21. The number of nitrogens with two attached hydrogens (primary N) is 1. The summed E-state index contributed by atoms with van der Waals surface area (Å²) in [7, 11) is 3.98. The van der Waals surface area contributed by atoms with E-state index in [1.807, 2.05) is 73.6 Å². The molecule has 0 radical (unpaired) electrons. The molecule has 1 aromatic heterocycles. The molecule has 0 fully saturated rings. The Labute approximate surface area is 151 Å². The first-order valence-corrected chi connectivity index (χ1v) is 8.12. The molecule has 0 saturated heterocycles. The molecule has 3 aromatic rings. The van der Waals surface area contributed by atoms with Gasteiger partial charge in [-0.15, -0.1) is 0 Å². The van der Waals surface area contributed by atoms with Crippen LogP contribution in [-0.4, -0.2) is 29.8 Å². The van der Waals surface area contributed by atoms with E-state index in [9.17, 15) is 0 Å². The third kappa shape index (κ3) is 3.78. The first-order valence-electron chi connectivity index (χ1n) is 7.74. The van der Waals surface area contributed by atoms with Gasteiger partial charge in [-0.25, -0.2) is 9.97 Å². The van der Waals surface area contributed by atoms with Gasteiger partial charge in [-0.2, -0.15) is 5.10 Å². The topological polar surface area (TPSA) is 67.4 Å². The molecule has 0 atom stereocenters. The Morgan fingerprint density at radius 3 is 2.28 bits per heavy atom. The van der Waals surface area contributed by atoms with Crippen molar-refractivity contribution < 1.29 is 0 Å². The minimum Gasteiger partial charge on any atom is -0.378 e. The van der Waals surface area contributed by atoms with E-state index in [1.54, 1.807) is 6.07 Å². The van der Waals surface area contributed by atoms with Gasteiger partial charge in [0.05, 0.1) is 5.69 Å². The van der Waals surface area contributed by atoms with Crippen molar-refractivity contribution in [2.45, 2.75) is 0 Å². The second-order valence-corrected chi connectivity index (χ2v) is 6.07. The van der Waals surface area contributed by atoms with Gasteiger partial charge < -0.3 is 10.7 Å². The first-order chi connectivity index (χ1) is 12.1. The maximum absolute atomic E-state index is 6.20. The fraction of sp³-hybridized carbons (Fsp3) is 0.105. The van der Waals surface area contributed by atoms with Crippen molar-refractivity contribution in [2.24, 2.45) is 10.9 Å². The molecule has 126 valence electrons. The highest BCUT2D eigenvalue weighted by Gasteiger charge is 2.13. The summed E-state index contributed by atoms with van der Waals surface area (Å²) < 4.78 is 0. The number of halogens is 1. The largest absolute Gasteiger partial charge is 0.378 e. The van der Waals surface area contributed by atoms with Crippen LogP contribution in [0.4, 0.5) is 5.69 Å². The summed E-state index contributed by atoms with van der Waals surface area (Å²) in [6.07, 6.45) is 0. The molecule has 2 N–H and O–H groups in total. The van der Waals surface area contributed by atoms with E-state index >= 15 is 0 Å². The van der Waals surface area contributed by atoms with Crippen LogP contribution in [0, 0.1) is 0 Å². The monoisotopic (exact) mass is 351 g/mol. The summed E-state index contributed by atoms with van der Waals surface area (Å²) in [4.78, 5) is 10.9. The number of aromatic nitrogens is 2. The van der Waals surface area contributed by atoms with Gasteiger partial charge in [-0.1, -0.05) is 54.1 Å². The zero-order chi connectivity index (χ0) is 17.8. The Morgan fingerprint density at radius 2 is 1.68 bits per heavy atom. The standard InChI is InChI=1S/C19H18ClN5/c1-25(2)15-10-8-13(9-11-15)18(24-21)16-12-17(20)23-19(22-16)14-6-4-3-5-7-14/h3-12H,21H2,1-2H3/b24-18+. The molecule has 0 aliphatic carbocycles. The number of hydrogen-bond donors (Lipinski definition) is 1. The second kappa shape index (κ2) is 7.32. The van der Waals surface area contributed by atoms with Gasteiger partial charge in [0.15, 0.2) is 5.82 Å². The quantitative estimate of drug-likeness (QED) is 0.337. The van der Waals surface area contributed by atoms with Gasteiger partial charge >= 0.3 is 0 Å². The van der Waals surface area contributed by atoms with E-state index in [2.05, 4.69) is 15.1 Å². The smallest absolute Gasteiger partial charge is 0.161 e.